The van der Waals surface area contributed by atoms with Crippen LogP contribution in [0.2, 0.25) is 5.15 Å². The summed E-state index contributed by atoms with van der Waals surface area (Å²) in [5.41, 5.74) is 1.02. The summed E-state index contributed by atoms with van der Waals surface area (Å²) in [5, 5.41) is 5.99. The topological polar surface area (TPSA) is 29.3 Å². The van der Waals surface area contributed by atoms with Gasteiger partial charge in [-0.15, -0.1) is 17.9 Å². The molecule has 1 atom stereocenters. The molecule has 2 aromatic rings. The molecular formula is C11H14ClN3S. The lowest BCUT2D eigenvalue weighted by atomic mass is 10.2. The number of imidazole rings is 1. The van der Waals surface area contributed by atoms with Gasteiger partial charge in [0.05, 0.1) is 5.69 Å². The van der Waals surface area contributed by atoms with Crippen LogP contribution in [0.15, 0.2) is 24.2 Å². The van der Waals surface area contributed by atoms with E-state index < -0.39 is 0 Å². The van der Waals surface area contributed by atoms with Crippen LogP contribution >= 0.6 is 22.9 Å². The van der Waals surface area contributed by atoms with Crippen molar-refractivity contribution in [2.45, 2.75) is 25.9 Å². The van der Waals surface area contributed by atoms with Crippen molar-refractivity contribution in [1.82, 2.24) is 14.7 Å². The fourth-order valence-corrected chi connectivity index (χ4v) is 2.59. The van der Waals surface area contributed by atoms with Crippen LogP contribution < -0.4 is 5.32 Å². The van der Waals surface area contributed by atoms with Crippen molar-refractivity contribution in [2.75, 3.05) is 0 Å². The molecule has 2 heterocycles. The van der Waals surface area contributed by atoms with Crippen LogP contribution in [0, 0.1) is 0 Å². The minimum absolute atomic E-state index is 0.401. The molecule has 0 aliphatic heterocycles. The fourth-order valence-electron chi connectivity index (χ4n) is 1.57. The van der Waals surface area contributed by atoms with E-state index in [2.05, 4.69) is 23.8 Å². The third-order valence-corrected chi connectivity index (χ3v) is 3.51. The first-order valence-electron chi connectivity index (χ1n) is 5.16. The molecule has 86 valence electrons. The average Bonchev–Trinajstić information content (AvgIpc) is 2.76. The second kappa shape index (κ2) is 4.99. The molecule has 3 nitrogen and oxygen atoms in total. The number of hydrogen-bond acceptors (Lipinski definition) is 3. The second-order valence-corrected chi connectivity index (χ2v) is 4.94. The summed E-state index contributed by atoms with van der Waals surface area (Å²) in [6.45, 7) is 6.58. The summed E-state index contributed by atoms with van der Waals surface area (Å²) >= 11 is 7.67. The quantitative estimate of drug-likeness (QED) is 0.832. The van der Waals surface area contributed by atoms with Crippen LogP contribution in [0.25, 0.3) is 4.96 Å². The van der Waals surface area contributed by atoms with Crippen molar-refractivity contribution in [3.63, 3.8) is 0 Å². The van der Waals surface area contributed by atoms with E-state index in [1.807, 2.05) is 22.1 Å². The summed E-state index contributed by atoms with van der Waals surface area (Å²) in [7, 11) is 0. The Balaban J connectivity index is 2.11. The van der Waals surface area contributed by atoms with Crippen LogP contribution in [0.3, 0.4) is 0 Å². The molecule has 0 saturated carbocycles. The highest BCUT2D eigenvalue weighted by molar-refractivity contribution is 7.15. The monoisotopic (exact) mass is 255 g/mol. The lowest BCUT2D eigenvalue weighted by Gasteiger charge is -2.10. The predicted octanol–water partition coefficient (Wildman–Crippen LogP) is 3.10. The van der Waals surface area contributed by atoms with Gasteiger partial charge in [0.2, 0.25) is 0 Å². The Morgan fingerprint density at radius 3 is 3.31 bits per heavy atom. The fraction of sp³-hybridized carbons (Fsp3) is 0.364. The van der Waals surface area contributed by atoms with Crippen molar-refractivity contribution in [2.24, 2.45) is 0 Å². The van der Waals surface area contributed by atoms with Crippen LogP contribution in [-0.4, -0.2) is 15.4 Å². The average molecular weight is 256 g/mol. The van der Waals surface area contributed by atoms with E-state index in [-0.39, 0.29) is 0 Å². The van der Waals surface area contributed by atoms with Gasteiger partial charge >= 0.3 is 0 Å². The van der Waals surface area contributed by atoms with Gasteiger partial charge in [-0.05, 0) is 13.3 Å². The van der Waals surface area contributed by atoms with Gasteiger partial charge in [0.25, 0.3) is 0 Å². The molecule has 0 aromatic carbocycles. The number of aromatic nitrogens is 2. The van der Waals surface area contributed by atoms with E-state index in [1.165, 1.54) is 0 Å². The molecule has 2 rings (SSSR count). The van der Waals surface area contributed by atoms with Gasteiger partial charge in [-0.25, -0.2) is 4.98 Å². The van der Waals surface area contributed by atoms with Gasteiger partial charge in [-0.2, -0.15) is 0 Å². The highest BCUT2D eigenvalue weighted by Gasteiger charge is 2.11. The Labute approximate surface area is 104 Å². The lowest BCUT2D eigenvalue weighted by Crippen LogP contribution is -2.25. The third kappa shape index (κ3) is 2.29. The first kappa shape index (κ1) is 11.6. The molecule has 0 spiro atoms. The number of fused-ring (bicyclic) bond motifs is 1. The Kier molecular flexibility index (Phi) is 3.63. The van der Waals surface area contributed by atoms with Gasteiger partial charge in [0, 0.05) is 24.2 Å². The van der Waals surface area contributed by atoms with Crippen molar-refractivity contribution in [3.05, 3.63) is 35.1 Å². The van der Waals surface area contributed by atoms with Crippen molar-refractivity contribution < 1.29 is 0 Å². The zero-order chi connectivity index (χ0) is 11.5. The maximum atomic E-state index is 6.08. The summed E-state index contributed by atoms with van der Waals surface area (Å²) in [5.74, 6) is 0. The zero-order valence-corrected chi connectivity index (χ0v) is 10.7. The van der Waals surface area contributed by atoms with Crippen molar-refractivity contribution in [1.29, 1.82) is 0 Å². The molecule has 0 amide bonds. The largest absolute Gasteiger partial charge is 0.308 e. The Bertz CT molecular complexity index is 488. The second-order valence-electron chi connectivity index (χ2n) is 3.71. The van der Waals surface area contributed by atoms with Gasteiger partial charge < -0.3 is 5.32 Å². The molecule has 5 heteroatoms. The third-order valence-electron chi connectivity index (χ3n) is 2.45. The Hall–Kier alpha value is -0.840. The summed E-state index contributed by atoms with van der Waals surface area (Å²) in [4.78, 5) is 5.23. The molecule has 2 aromatic heterocycles. The lowest BCUT2D eigenvalue weighted by molar-refractivity contribution is 0.547. The van der Waals surface area contributed by atoms with Gasteiger partial charge in [0.15, 0.2) is 10.1 Å². The number of halogens is 1. The molecule has 0 aliphatic rings. The normalized spacial score (nSPS) is 13.1. The standard InChI is InChI=1S/C11H14ClN3S/c1-3-4-8(2)13-7-9-10(12)14-11-15(9)5-6-16-11/h3,5-6,8,13H,1,4,7H2,2H3. The van der Waals surface area contributed by atoms with Gasteiger partial charge in [-0.1, -0.05) is 17.7 Å². The molecule has 1 unspecified atom stereocenters. The first-order chi connectivity index (χ1) is 7.72. The summed E-state index contributed by atoms with van der Waals surface area (Å²) in [6, 6.07) is 0.401. The minimum atomic E-state index is 0.401. The van der Waals surface area contributed by atoms with E-state index in [0.717, 1.165) is 23.6 Å². The van der Waals surface area contributed by atoms with Gasteiger partial charge in [0.1, 0.15) is 0 Å². The molecule has 0 aliphatic carbocycles. The van der Waals surface area contributed by atoms with Crippen LogP contribution in [0.1, 0.15) is 19.0 Å². The van der Waals surface area contributed by atoms with E-state index in [4.69, 9.17) is 11.6 Å². The predicted molar refractivity (Wildman–Crippen MR) is 69.2 cm³/mol. The molecular weight excluding hydrogens is 242 g/mol. The van der Waals surface area contributed by atoms with Crippen LogP contribution in [0.5, 0.6) is 0 Å². The smallest absolute Gasteiger partial charge is 0.195 e. The maximum Gasteiger partial charge on any atom is 0.195 e. The van der Waals surface area contributed by atoms with Crippen molar-refractivity contribution in [3.8, 4) is 0 Å². The zero-order valence-electron chi connectivity index (χ0n) is 9.11. The number of hydrogen-bond donors (Lipinski definition) is 1. The minimum Gasteiger partial charge on any atom is -0.308 e. The van der Waals surface area contributed by atoms with Crippen LogP contribution in [0.4, 0.5) is 0 Å². The molecule has 16 heavy (non-hydrogen) atoms. The molecule has 0 saturated heterocycles. The van der Waals surface area contributed by atoms with Crippen molar-refractivity contribution >= 4 is 27.9 Å². The molecule has 0 fully saturated rings. The highest BCUT2D eigenvalue weighted by atomic mass is 35.5. The van der Waals surface area contributed by atoms with E-state index in [1.54, 1.807) is 11.3 Å². The SMILES string of the molecule is C=CCC(C)NCc1c(Cl)nc2sccn12. The number of rotatable bonds is 5. The first-order valence-corrected chi connectivity index (χ1v) is 6.42. The number of nitrogens with zero attached hydrogens (tertiary/aromatic N) is 2. The maximum absolute atomic E-state index is 6.08. The summed E-state index contributed by atoms with van der Waals surface area (Å²) < 4.78 is 2.03. The molecule has 0 radical (unpaired) electrons. The molecule has 1 N–H and O–H groups in total. The number of thiazole rings is 1. The molecule has 0 bridgehead atoms. The number of nitrogens with one attached hydrogen (secondary N) is 1. The van der Waals surface area contributed by atoms with E-state index in [0.29, 0.717) is 11.2 Å². The van der Waals surface area contributed by atoms with Crippen LogP contribution in [-0.2, 0) is 6.54 Å². The van der Waals surface area contributed by atoms with E-state index >= 15 is 0 Å². The Morgan fingerprint density at radius 2 is 2.56 bits per heavy atom. The Morgan fingerprint density at radius 1 is 1.75 bits per heavy atom. The van der Waals surface area contributed by atoms with Gasteiger partial charge in [-0.3, -0.25) is 4.40 Å². The highest BCUT2D eigenvalue weighted by Crippen LogP contribution is 2.21. The summed E-state index contributed by atoms with van der Waals surface area (Å²) in [6.07, 6.45) is 4.85. The van der Waals surface area contributed by atoms with E-state index in [9.17, 15) is 0 Å².